The molecule has 5 unspecified atom stereocenters. The first-order valence-corrected chi connectivity index (χ1v) is 21.5. The SMILES string of the molecule is S/C=C\c1cccc(C2=CC3c4cc(-c5ccc(-c6cccc(-c7cccc(C8C=CC9=C(C8)C8C=CC=CC8c8ccccc89)c7)c6)cc5)ccc4C=CC3C=C2)c1. The molecule has 5 aliphatic carbocycles. The van der Waals surface area contributed by atoms with Gasteiger partial charge in [0, 0.05) is 29.6 Å². The fourth-order valence-electron chi connectivity index (χ4n) is 10.2. The van der Waals surface area contributed by atoms with Gasteiger partial charge in [0.05, 0.1) is 0 Å². The van der Waals surface area contributed by atoms with E-state index in [0.717, 1.165) is 12.0 Å². The highest BCUT2D eigenvalue weighted by atomic mass is 32.1. The minimum atomic E-state index is 0.298. The van der Waals surface area contributed by atoms with Crippen LogP contribution in [0.15, 0.2) is 211 Å². The second-order valence-corrected chi connectivity index (χ2v) is 16.8. The Morgan fingerprint density at radius 1 is 0.492 bits per heavy atom. The molecule has 282 valence electrons. The zero-order valence-corrected chi connectivity index (χ0v) is 33.7. The molecule has 0 radical (unpaired) electrons. The molecule has 5 atom stereocenters. The summed E-state index contributed by atoms with van der Waals surface area (Å²) < 4.78 is 0. The van der Waals surface area contributed by atoms with Crippen molar-refractivity contribution < 1.29 is 0 Å². The number of benzene rings is 6. The van der Waals surface area contributed by atoms with Gasteiger partial charge < -0.3 is 0 Å². The van der Waals surface area contributed by atoms with E-state index in [1.54, 1.807) is 11.0 Å². The highest BCUT2D eigenvalue weighted by Crippen LogP contribution is 2.51. The largest absolute Gasteiger partial charge is 0.151 e. The standard InChI is InChI=1S/C58H44S/c59-31-30-38-8-5-9-43(32-38)49-27-25-42-23-22-41-24-26-48(35-56(41)57(42)36-49)40-20-18-39(19-21-40)44-10-6-11-45(33-44)46-12-7-13-47(34-46)50-28-29-55-53-16-2-1-14-51(53)52-15-3-4-17-54(52)58(55)37-50/h1-36,42,50,52,54,57,59H,37H2/b31-30-. The van der Waals surface area contributed by atoms with Crippen LogP contribution in [-0.4, -0.2) is 0 Å². The van der Waals surface area contributed by atoms with Gasteiger partial charge in [0.25, 0.3) is 0 Å². The van der Waals surface area contributed by atoms with E-state index in [1.165, 1.54) is 77.9 Å². The molecule has 6 aromatic rings. The summed E-state index contributed by atoms with van der Waals surface area (Å²) >= 11 is 4.29. The van der Waals surface area contributed by atoms with Gasteiger partial charge in [0.2, 0.25) is 0 Å². The molecule has 6 aromatic carbocycles. The second kappa shape index (κ2) is 15.1. The molecule has 0 heterocycles. The maximum Gasteiger partial charge on any atom is 0.0131 e. The van der Waals surface area contributed by atoms with Crippen molar-refractivity contribution in [3.8, 4) is 33.4 Å². The van der Waals surface area contributed by atoms with E-state index in [0.29, 0.717) is 29.6 Å². The molecular formula is C58H44S. The Morgan fingerprint density at radius 3 is 2.03 bits per heavy atom. The molecule has 0 bridgehead atoms. The summed E-state index contributed by atoms with van der Waals surface area (Å²) in [6.45, 7) is 0. The van der Waals surface area contributed by atoms with E-state index in [1.807, 2.05) is 6.08 Å². The average Bonchev–Trinajstić information content (AvgIpc) is 3.31. The van der Waals surface area contributed by atoms with Gasteiger partial charge in [-0.25, -0.2) is 0 Å². The van der Waals surface area contributed by atoms with Gasteiger partial charge in [-0.1, -0.05) is 194 Å². The van der Waals surface area contributed by atoms with E-state index < -0.39 is 0 Å². The van der Waals surface area contributed by atoms with Crippen molar-refractivity contribution >= 4 is 35.9 Å². The lowest BCUT2D eigenvalue weighted by Crippen LogP contribution is -2.23. The fourth-order valence-corrected chi connectivity index (χ4v) is 10.4. The molecule has 1 heteroatoms. The summed E-state index contributed by atoms with van der Waals surface area (Å²) in [6.07, 6.45) is 29.0. The van der Waals surface area contributed by atoms with E-state index in [4.69, 9.17) is 0 Å². The number of rotatable bonds is 6. The summed E-state index contributed by atoms with van der Waals surface area (Å²) in [4.78, 5) is 0. The van der Waals surface area contributed by atoms with Gasteiger partial charge in [0.1, 0.15) is 0 Å². The molecule has 0 saturated carbocycles. The zero-order valence-electron chi connectivity index (χ0n) is 32.8. The van der Waals surface area contributed by atoms with Crippen LogP contribution in [0.2, 0.25) is 0 Å². The topological polar surface area (TPSA) is 0 Å². The molecule has 0 aromatic heterocycles. The summed E-state index contributed by atoms with van der Waals surface area (Å²) in [5, 5.41) is 1.80. The van der Waals surface area contributed by atoms with Crippen molar-refractivity contribution in [2.45, 2.75) is 24.2 Å². The predicted molar refractivity (Wildman–Crippen MR) is 254 cm³/mol. The smallest absolute Gasteiger partial charge is 0.0131 e. The number of hydrogen-bond acceptors (Lipinski definition) is 1. The van der Waals surface area contributed by atoms with Gasteiger partial charge >= 0.3 is 0 Å². The van der Waals surface area contributed by atoms with Gasteiger partial charge in [-0.2, -0.15) is 12.6 Å². The molecule has 0 amide bonds. The van der Waals surface area contributed by atoms with Crippen LogP contribution in [-0.2, 0) is 0 Å². The minimum Gasteiger partial charge on any atom is -0.151 e. The normalized spacial score (nSPS) is 22.1. The van der Waals surface area contributed by atoms with Crippen LogP contribution in [0.5, 0.6) is 0 Å². The first-order chi connectivity index (χ1) is 29.2. The Balaban J connectivity index is 0.838. The zero-order chi connectivity index (χ0) is 39.3. The van der Waals surface area contributed by atoms with Crippen LogP contribution >= 0.6 is 12.6 Å². The Kier molecular flexibility index (Phi) is 9.13. The number of hydrogen-bond donors (Lipinski definition) is 1. The highest BCUT2D eigenvalue weighted by Gasteiger charge is 2.35. The van der Waals surface area contributed by atoms with Crippen molar-refractivity contribution in [2.75, 3.05) is 0 Å². The molecular weight excluding hydrogens is 729 g/mol. The van der Waals surface area contributed by atoms with E-state index in [9.17, 15) is 0 Å². The van der Waals surface area contributed by atoms with Crippen molar-refractivity contribution in [3.05, 3.63) is 250 Å². The average molecular weight is 773 g/mol. The fraction of sp³-hybridized carbons (Fsp3) is 0.103. The van der Waals surface area contributed by atoms with Crippen LogP contribution in [0.25, 0.3) is 56.7 Å². The molecule has 0 spiro atoms. The molecule has 0 nitrogen and oxygen atoms in total. The van der Waals surface area contributed by atoms with E-state index >= 15 is 0 Å². The summed E-state index contributed by atoms with van der Waals surface area (Å²) in [5.74, 6) is 1.85. The molecule has 0 fully saturated rings. The lowest BCUT2D eigenvalue weighted by Gasteiger charge is -2.38. The van der Waals surface area contributed by atoms with Gasteiger partial charge in [-0.3, -0.25) is 0 Å². The van der Waals surface area contributed by atoms with Crippen LogP contribution in [0.4, 0.5) is 0 Å². The van der Waals surface area contributed by atoms with Crippen LogP contribution < -0.4 is 0 Å². The van der Waals surface area contributed by atoms with Gasteiger partial charge in [-0.05, 0) is 120 Å². The highest BCUT2D eigenvalue weighted by molar-refractivity contribution is 7.83. The number of fused-ring (bicyclic) bond motifs is 8. The summed E-state index contributed by atoms with van der Waals surface area (Å²) in [5.41, 5.74) is 21.1. The Bertz CT molecular complexity index is 2880. The second-order valence-electron chi connectivity index (χ2n) is 16.5. The summed E-state index contributed by atoms with van der Waals surface area (Å²) in [7, 11) is 0. The van der Waals surface area contributed by atoms with Crippen LogP contribution in [0.1, 0.15) is 63.1 Å². The summed E-state index contributed by atoms with van der Waals surface area (Å²) in [6, 6.07) is 52.1. The monoisotopic (exact) mass is 772 g/mol. The van der Waals surface area contributed by atoms with Crippen LogP contribution in [0, 0.1) is 11.8 Å². The third-order valence-electron chi connectivity index (χ3n) is 13.2. The molecule has 11 rings (SSSR count). The number of allylic oxidation sites excluding steroid dienone is 13. The van der Waals surface area contributed by atoms with Crippen molar-refractivity contribution in [1.82, 2.24) is 0 Å². The molecule has 5 aliphatic rings. The quantitative estimate of drug-likeness (QED) is 0.160. The Morgan fingerprint density at radius 2 is 1.19 bits per heavy atom. The maximum atomic E-state index is 4.29. The molecule has 59 heavy (non-hydrogen) atoms. The Hall–Kier alpha value is -6.41. The van der Waals surface area contributed by atoms with E-state index in [-0.39, 0.29) is 0 Å². The van der Waals surface area contributed by atoms with E-state index in [2.05, 4.69) is 219 Å². The molecule has 0 saturated heterocycles. The van der Waals surface area contributed by atoms with Crippen LogP contribution in [0.3, 0.4) is 0 Å². The first kappa shape index (κ1) is 35.7. The van der Waals surface area contributed by atoms with Crippen molar-refractivity contribution in [2.24, 2.45) is 11.8 Å². The minimum absolute atomic E-state index is 0.298. The van der Waals surface area contributed by atoms with Crippen molar-refractivity contribution in [3.63, 3.8) is 0 Å². The molecule has 0 aliphatic heterocycles. The van der Waals surface area contributed by atoms with Crippen molar-refractivity contribution in [1.29, 1.82) is 0 Å². The third-order valence-corrected chi connectivity index (χ3v) is 13.3. The van der Waals surface area contributed by atoms with Gasteiger partial charge in [-0.15, -0.1) is 0 Å². The lowest BCUT2D eigenvalue weighted by atomic mass is 9.66. The Labute approximate surface area is 353 Å². The lowest BCUT2D eigenvalue weighted by molar-refractivity contribution is 0.604. The molecule has 0 N–H and O–H groups in total. The first-order valence-electron chi connectivity index (χ1n) is 21.0. The third kappa shape index (κ3) is 6.61. The van der Waals surface area contributed by atoms with Gasteiger partial charge in [0.15, 0.2) is 0 Å². The number of thiol groups is 1. The maximum absolute atomic E-state index is 4.29. The predicted octanol–water partition coefficient (Wildman–Crippen LogP) is 15.3.